The van der Waals surface area contributed by atoms with Crippen molar-refractivity contribution in [1.29, 1.82) is 0 Å². The van der Waals surface area contributed by atoms with Crippen LogP contribution in [-0.4, -0.2) is 36.5 Å². The SMILES string of the molecule is O=C(O)c1ccccc1SC[C@@H]1C[C@H](c2ccc(CO)cc2)O[C@H](c2cccc(NS(=O)(=O)c3ccccc3)c2)O1. The molecule has 0 bridgehead atoms. The van der Waals surface area contributed by atoms with Gasteiger partial charge in [-0.05, 0) is 47.5 Å². The van der Waals surface area contributed by atoms with E-state index in [0.29, 0.717) is 28.3 Å². The summed E-state index contributed by atoms with van der Waals surface area (Å²) >= 11 is 1.40. The average molecular weight is 592 g/mol. The van der Waals surface area contributed by atoms with Gasteiger partial charge >= 0.3 is 5.97 Å². The molecule has 0 radical (unpaired) electrons. The lowest BCUT2D eigenvalue weighted by Crippen LogP contribution is -2.31. The molecule has 0 saturated carbocycles. The molecule has 0 spiro atoms. The first kappa shape index (κ1) is 28.8. The zero-order valence-corrected chi connectivity index (χ0v) is 23.6. The summed E-state index contributed by atoms with van der Waals surface area (Å²) < 4.78 is 41.1. The summed E-state index contributed by atoms with van der Waals surface area (Å²) in [6, 6.07) is 29.4. The van der Waals surface area contributed by atoms with Crippen molar-refractivity contribution in [3.63, 3.8) is 0 Å². The predicted molar refractivity (Wildman–Crippen MR) is 156 cm³/mol. The summed E-state index contributed by atoms with van der Waals surface area (Å²) in [6.07, 6.45) is -0.913. The maximum absolute atomic E-state index is 12.9. The van der Waals surface area contributed by atoms with Crippen molar-refractivity contribution in [2.75, 3.05) is 10.5 Å². The summed E-state index contributed by atoms with van der Waals surface area (Å²) in [5.41, 5.74) is 2.94. The van der Waals surface area contributed by atoms with Gasteiger partial charge in [-0.15, -0.1) is 11.8 Å². The van der Waals surface area contributed by atoms with Crippen LogP contribution in [0.3, 0.4) is 0 Å². The quantitative estimate of drug-likeness (QED) is 0.192. The number of ether oxygens (including phenoxy) is 2. The van der Waals surface area contributed by atoms with Gasteiger partial charge in [0.15, 0.2) is 6.29 Å². The highest BCUT2D eigenvalue weighted by Gasteiger charge is 2.32. The molecule has 41 heavy (non-hydrogen) atoms. The van der Waals surface area contributed by atoms with Crippen LogP contribution in [0.25, 0.3) is 0 Å². The van der Waals surface area contributed by atoms with Gasteiger partial charge in [-0.3, -0.25) is 4.72 Å². The molecule has 5 rings (SSSR count). The average Bonchev–Trinajstić information content (AvgIpc) is 3.00. The third kappa shape index (κ3) is 7.16. The lowest BCUT2D eigenvalue weighted by molar-refractivity contribution is -0.245. The Morgan fingerprint density at radius 1 is 0.878 bits per heavy atom. The summed E-state index contributed by atoms with van der Waals surface area (Å²) in [5, 5.41) is 19.0. The number of hydrogen-bond acceptors (Lipinski definition) is 7. The Morgan fingerprint density at radius 2 is 1.61 bits per heavy atom. The Labute approximate surface area is 243 Å². The van der Waals surface area contributed by atoms with E-state index in [0.717, 1.165) is 11.1 Å². The Kier molecular flexibility index (Phi) is 9.06. The smallest absolute Gasteiger partial charge is 0.336 e. The van der Waals surface area contributed by atoms with E-state index in [9.17, 15) is 23.4 Å². The predicted octanol–water partition coefficient (Wildman–Crippen LogP) is 6.02. The molecule has 0 aromatic heterocycles. The Balaban J connectivity index is 1.39. The Hall–Kier alpha value is -3.67. The number of aromatic carboxylic acids is 1. The molecule has 0 unspecified atom stereocenters. The molecule has 10 heteroatoms. The molecule has 3 atom stereocenters. The van der Waals surface area contributed by atoms with Crippen LogP contribution in [0.1, 0.15) is 45.9 Å². The number of sulfonamides is 1. The molecule has 1 fully saturated rings. The second-order valence-corrected chi connectivity index (χ2v) is 12.3. The molecule has 4 aromatic carbocycles. The van der Waals surface area contributed by atoms with E-state index in [4.69, 9.17) is 9.47 Å². The minimum atomic E-state index is -3.79. The minimum Gasteiger partial charge on any atom is -0.478 e. The van der Waals surface area contributed by atoms with E-state index in [1.165, 1.54) is 23.9 Å². The number of nitrogens with one attached hydrogen (secondary N) is 1. The molecule has 1 aliphatic heterocycles. The number of aliphatic hydroxyl groups excluding tert-OH is 1. The number of carboxylic acid groups (broad SMARTS) is 1. The number of thioether (sulfide) groups is 1. The van der Waals surface area contributed by atoms with E-state index < -0.39 is 22.3 Å². The lowest BCUT2D eigenvalue weighted by atomic mass is 10.0. The van der Waals surface area contributed by atoms with E-state index >= 15 is 0 Å². The topological polar surface area (TPSA) is 122 Å². The first-order valence-electron chi connectivity index (χ1n) is 13.0. The number of anilines is 1. The van der Waals surface area contributed by atoms with Gasteiger partial charge in [0, 0.05) is 28.3 Å². The minimum absolute atomic E-state index is 0.0640. The van der Waals surface area contributed by atoms with Crippen LogP contribution in [-0.2, 0) is 26.1 Å². The van der Waals surface area contributed by atoms with E-state index in [1.807, 2.05) is 30.3 Å². The zero-order valence-electron chi connectivity index (χ0n) is 21.9. The molecular formula is C31H29NO7S2. The van der Waals surface area contributed by atoms with Gasteiger partial charge in [-0.25, -0.2) is 13.2 Å². The first-order chi connectivity index (χ1) is 19.8. The molecule has 212 valence electrons. The third-order valence-corrected chi connectivity index (χ3v) is 9.22. The molecule has 0 aliphatic carbocycles. The number of benzene rings is 4. The van der Waals surface area contributed by atoms with Crippen LogP contribution in [0.15, 0.2) is 113 Å². The molecular weight excluding hydrogens is 562 g/mol. The van der Waals surface area contributed by atoms with Crippen LogP contribution in [0.4, 0.5) is 5.69 Å². The number of aliphatic hydroxyl groups is 1. The second kappa shape index (κ2) is 12.9. The first-order valence-corrected chi connectivity index (χ1v) is 15.4. The fourth-order valence-corrected chi connectivity index (χ4v) is 6.67. The molecule has 4 aromatic rings. The van der Waals surface area contributed by atoms with Crippen LogP contribution >= 0.6 is 11.8 Å². The standard InChI is InChI=1S/C31H29NO7S2/c33-19-21-13-15-22(16-14-21)28-18-25(20-40-29-12-5-4-11-27(29)30(34)35)38-31(39-28)23-7-6-8-24(17-23)32-41(36,37)26-9-2-1-3-10-26/h1-17,25,28,31-33H,18-20H2,(H,34,35)/t25-,28+,31+/m0/s1. The van der Waals surface area contributed by atoms with Gasteiger partial charge in [0.2, 0.25) is 0 Å². The Bertz CT molecular complexity index is 1590. The van der Waals surface area contributed by atoms with Gasteiger partial charge in [-0.1, -0.05) is 66.7 Å². The van der Waals surface area contributed by atoms with Crippen molar-refractivity contribution < 1.29 is 32.9 Å². The number of carbonyl (C=O) groups is 1. The summed E-state index contributed by atoms with van der Waals surface area (Å²) in [7, 11) is -3.79. The van der Waals surface area contributed by atoms with Crippen molar-refractivity contribution in [3.05, 3.63) is 125 Å². The molecule has 3 N–H and O–H groups in total. The van der Waals surface area contributed by atoms with E-state index in [-0.39, 0.29) is 29.3 Å². The van der Waals surface area contributed by atoms with Crippen LogP contribution in [0.5, 0.6) is 0 Å². The van der Waals surface area contributed by atoms with Gasteiger partial charge in [0.05, 0.1) is 29.3 Å². The largest absolute Gasteiger partial charge is 0.478 e. The van der Waals surface area contributed by atoms with Gasteiger partial charge in [0.25, 0.3) is 10.0 Å². The maximum atomic E-state index is 12.9. The normalized spacial score (nSPS) is 19.0. The maximum Gasteiger partial charge on any atom is 0.336 e. The molecule has 8 nitrogen and oxygen atoms in total. The van der Waals surface area contributed by atoms with Gasteiger partial charge in [-0.2, -0.15) is 0 Å². The highest BCUT2D eigenvalue weighted by Crippen LogP contribution is 2.40. The van der Waals surface area contributed by atoms with Crippen molar-refractivity contribution in [1.82, 2.24) is 0 Å². The summed E-state index contributed by atoms with van der Waals surface area (Å²) in [4.78, 5) is 12.5. The van der Waals surface area contributed by atoms with Crippen LogP contribution < -0.4 is 4.72 Å². The van der Waals surface area contributed by atoms with Crippen molar-refractivity contribution in [2.45, 2.75) is 41.3 Å². The summed E-state index contributed by atoms with van der Waals surface area (Å²) in [6.45, 7) is -0.0640. The second-order valence-electron chi connectivity index (χ2n) is 9.51. The molecule has 0 amide bonds. The highest BCUT2D eigenvalue weighted by molar-refractivity contribution is 7.99. The fraction of sp³-hybridized carbons (Fsp3) is 0.194. The van der Waals surface area contributed by atoms with Crippen molar-refractivity contribution in [2.24, 2.45) is 0 Å². The molecule has 1 heterocycles. The number of hydrogen-bond donors (Lipinski definition) is 3. The molecule has 1 aliphatic rings. The van der Waals surface area contributed by atoms with Crippen LogP contribution in [0, 0.1) is 0 Å². The Morgan fingerprint density at radius 3 is 2.34 bits per heavy atom. The van der Waals surface area contributed by atoms with Crippen molar-refractivity contribution >= 4 is 33.4 Å². The van der Waals surface area contributed by atoms with Gasteiger partial charge in [0.1, 0.15) is 0 Å². The third-order valence-electron chi connectivity index (χ3n) is 6.62. The van der Waals surface area contributed by atoms with Gasteiger partial charge < -0.3 is 19.7 Å². The van der Waals surface area contributed by atoms with E-state index in [2.05, 4.69) is 4.72 Å². The van der Waals surface area contributed by atoms with E-state index in [1.54, 1.807) is 60.7 Å². The fourth-order valence-electron chi connectivity index (χ4n) is 4.54. The number of rotatable bonds is 10. The lowest BCUT2D eigenvalue weighted by Gasteiger charge is -2.36. The van der Waals surface area contributed by atoms with Crippen molar-refractivity contribution in [3.8, 4) is 0 Å². The highest BCUT2D eigenvalue weighted by atomic mass is 32.2. The van der Waals surface area contributed by atoms with Crippen LogP contribution in [0.2, 0.25) is 0 Å². The zero-order chi connectivity index (χ0) is 28.8. The number of carboxylic acids is 1. The summed E-state index contributed by atoms with van der Waals surface area (Å²) in [5.74, 6) is -0.508. The monoisotopic (exact) mass is 591 g/mol. The molecule has 1 saturated heterocycles.